The molecule has 0 radical (unpaired) electrons. The fraction of sp³-hybridized carbons (Fsp3) is 0.500. The van der Waals surface area contributed by atoms with Gasteiger partial charge >= 0.3 is 0 Å². The average Bonchev–Trinajstić information content (AvgIpc) is 2.63. The zero-order valence-corrected chi connectivity index (χ0v) is 10.5. The number of hydrogen-bond donors (Lipinski definition) is 1. The Morgan fingerprint density at radius 2 is 2.29 bits per heavy atom. The molecule has 1 aromatic rings. The van der Waals surface area contributed by atoms with Crippen LogP contribution in [0.4, 0.5) is 10.1 Å². The van der Waals surface area contributed by atoms with Gasteiger partial charge in [0.25, 0.3) is 0 Å². The summed E-state index contributed by atoms with van der Waals surface area (Å²) in [4.78, 5) is 0.211. The van der Waals surface area contributed by atoms with E-state index in [4.69, 9.17) is 10.5 Å². The third-order valence-corrected chi connectivity index (χ3v) is 4.35. The molecule has 2 rings (SSSR count). The van der Waals surface area contributed by atoms with E-state index in [1.807, 2.05) is 6.92 Å². The summed E-state index contributed by atoms with van der Waals surface area (Å²) in [6, 6.07) is 4.25. The van der Waals surface area contributed by atoms with Crippen molar-refractivity contribution in [2.75, 3.05) is 11.5 Å². The molecule has 1 saturated heterocycles. The van der Waals surface area contributed by atoms with Gasteiger partial charge in [-0.1, -0.05) is 0 Å². The van der Waals surface area contributed by atoms with E-state index < -0.39 is 16.6 Å². The normalized spacial score (nSPS) is 26.0. The van der Waals surface area contributed by atoms with E-state index in [9.17, 15) is 8.60 Å². The largest absolute Gasteiger partial charge is 0.399 e. The molecule has 1 aromatic carbocycles. The minimum Gasteiger partial charge on any atom is -0.399 e. The molecule has 17 heavy (non-hydrogen) atoms. The molecular weight excluding hydrogens is 241 g/mol. The molecule has 3 unspecified atom stereocenters. The summed E-state index contributed by atoms with van der Waals surface area (Å²) < 4.78 is 31.1. The van der Waals surface area contributed by atoms with Crippen molar-refractivity contribution in [3.63, 3.8) is 0 Å². The summed E-state index contributed by atoms with van der Waals surface area (Å²) >= 11 is 0. The van der Waals surface area contributed by atoms with Crippen molar-refractivity contribution in [2.24, 2.45) is 0 Å². The van der Waals surface area contributed by atoms with Crippen molar-refractivity contribution < 1.29 is 13.3 Å². The van der Waals surface area contributed by atoms with Crippen LogP contribution in [-0.2, 0) is 15.5 Å². The lowest BCUT2D eigenvalue weighted by Gasteiger charge is -2.11. The van der Waals surface area contributed by atoms with Gasteiger partial charge in [-0.15, -0.1) is 0 Å². The number of ether oxygens (including phenoxy) is 1. The standard InChI is InChI=1S/C12H16FNO2S/c1-8-2-4-10(16-8)7-17(15)12-5-3-9(14)6-11(12)13/h3,5-6,8,10H,2,4,7,14H2,1H3. The topological polar surface area (TPSA) is 52.3 Å². The van der Waals surface area contributed by atoms with E-state index in [1.54, 1.807) is 6.07 Å². The zero-order valence-electron chi connectivity index (χ0n) is 9.69. The van der Waals surface area contributed by atoms with Gasteiger partial charge in [0.2, 0.25) is 0 Å². The number of anilines is 1. The van der Waals surface area contributed by atoms with E-state index in [0.29, 0.717) is 11.4 Å². The van der Waals surface area contributed by atoms with Gasteiger partial charge in [0.1, 0.15) is 5.82 Å². The Morgan fingerprint density at radius 3 is 2.88 bits per heavy atom. The molecular formula is C12H16FNO2S. The van der Waals surface area contributed by atoms with E-state index in [2.05, 4.69) is 0 Å². The Kier molecular flexibility index (Phi) is 3.79. The Bertz CT molecular complexity index is 439. The molecule has 0 spiro atoms. The minimum atomic E-state index is -1.36. The van der Waals surface area contributed by atoms with Crippen LogP contribution in [-0.4, -0.2) is 22.2 Å². The van der Waals surface area contributed by atoms with E-state index in [1.165, 1.54) is 12.1 Å². The fourth-order valence-electron chi connectivity index (χ4n) is 1.97. The van der Waals surface area contributed by atoms with Crippen LogP contribution in [0.2, 0.25) is 0 Å². The summed E-state index contributed by atoms with van der Waals surface area (Å²) in [5, 5.41) is 0. The third-order valence-electron chi connectivity index (χ3n) is 2.86. The number of halogens is 1. The second-order valence-electron chi connectivity index (χ2n) is 4.35. The van der Waals surface area contributed by atoms with E-state index in [-0.39, 0.29) is 17.1 Å². The lowest BCUT2D eigenvalue weighted by atomic mass is 10.2. The Morgan fingerprint density at radius 1 is 1.53 bits per heavy atom. The van der Waals surface area contributed by atoms with Gasteiger partial charge < -0.3 is 10.5 Å². The van der Waals surface area contributed by atoms with Gasteiger partial charge in [-0.25, -0.2) is 4.39 Å². The third kappa shape index (κ3) is 3.04. The molecule has 1 fully saturated rings. The van der Waals surface area contributed by atoms with Crippen LogP contribution in [0.5, 0.6) is 0 Å². The highest BCUT2D eigenvalue weighted by atomic mass is 32.2. The summed E-state index contributed by atoms with van der Waals surface area (Å²) in [7, 11) is -1.36. The highest BCUT2D eigenvalue weighted by Gasteiger charge is 2.24. The molecule has 0 amide bonds. The second-order valence-corrected chi connectivity index (χ2v) is 5.81. The molecule has 0 aromatic heterocycles. The van der Waals surface area contributed by atoms with Gasteiger partial charge in [-0.3, -0.25) is 4.21 Å². The molecule has 0 saturated carbocycles. The monoisotopic (exact) mass is 257 g/mol. The molecule has 0 bridgehead atoms. The molecule has 0 aliphatic carbocycles. The maximum atomic E-state index is 13.5. The Labute approximate surface area is 103 Å². The molecule has 94 valence electrons. The minimum absolute atomic E-state index is 0.0252. The van der Waals surface area contributed by atoms with Crippen molar-refractivity contribution in [3.8, 4) is 0 Å². The molecule has 1 aliphatic heterocycles. The molecule has 3 nitrogen and oxygen atoms in total. The van der Waals surface area contributed by atoms with Gasteiger partial charge in [-0.05, 0) is 38.0 Å². The summed E-state index contributed by atoms with van der Waals surface area (Å²) in [6.07, 6.45) is 2.06. The maximum Gasteiger partial charge on any atom is 0.141 e. The quantitative estimate of drug-likeness (QED) is 0.843. The van der Waals surface area contributed by atoms with Crippen LogP contribution in [0.1, 0.15) is 19.8 Å². The van der Waals surface area contributed by atoms with Crippen molar-refractivity contribution in [3.05, 3.63) is 24.0 Å². The van der Waals surface area contributed by atoms with Crippen molar-refractivity contribution in [2.45, 2.75) is 36.9 Å². The Balaban J connectivity index is 2.04. The first kappa shape index (κ1) is 12.5. The number of nitrogens with two attached hydrogens (primary N) is 1. The SMILES string of the molecule is CC1CCC(CS(=O)c2ccc(N)cc2F)O1. The van der Waals surface area contributed by atoms with Crippen LogP contribution in [0.25, 0.3) is 0 Å². The fourth-order valence-corrected chi connectivity index (χ4v) is 3.23. The van der Waals surface area contributed by atoms with E-state index >= 15 is 0 Å². The van der Waals surface area contributed by atoms with Crippen LogP contribution in [0, 0.1) is 5.82 Å². The van der Waals surface area contributed by atoms with Gasteiger partial charge in [0.15, 0.2) is 0 Å². The van der Waals surface area contributed by atoms with Gasteiger partial charge in [0.05, 0.1) is 33.7 Å². The van der Waals surface area contributed by atoms with Crippen molar-refractivity contribution >= 4 is 16.5 Å². The van der Waals surface area contributed by atoms with Gasteiger partial charge in [0, 0.05) is 5.69 Å². The predicted molar refractivity (Wildman–Crippen MR) is 65.7 cm³/mol. The number of benzene rings is 1. The summed E-state index contributed by atoms with van der Waals surface area (Å²) in [5.74, 6) is -0.153. The van der Waals surface area contributed by atoms with Crippen LogP contribution >= 0.6 is 0 Å². The molecule has 2 N–H and O–H groups in total. The van der Waals surface area contributed by atoms with Crippen LogP contribution < -0.4 is 5.73 Å². The lowest BCUT2D eigenvalue weighted by molar-refractivity contribution is 0.0695. The highest BCUT2D eigenvalue weighted by molar-refractivity contribution is 7.85. The number of nitrogen functional groups attached to an aromatic ring is 1. The van der Waals surface area contributed by atoms with E-state index in [0.717, 1.165) is 12.8 Å². The molecule has 1 aliphatic rings. The lowest BCUT2D eigenvalue weighted by Crippen LogP contribution is -2.17. The molecule has 5 heteroatoms. The smallest absolute Gasteiger partial charge is 0.141 e. The molecule has 3 atom stereocenters. The maximum absolute atomic E-state index is 13.5. The highest BCUT2D eigenvalue weighted by Crippen LogP contribution is 2.23. The van der Waals surface area contributed by atoms with Crippen molar-refractivity contribution in [1.82, 2.24) is 0 Å². The first-order valence-electron chi connectivity index (χ1n) is 5.65. The molecule has 1 heterocycles. The number of rotatable bonds is 3. The van der Waals surface area contributed by atoms with Crippen LogP contribution in [0.3, 0.4) is 0 Å². The van der Waals surface area contributed by atoms with Crippen molar-refractivity contribution in [1.29, 1.82) is 0 Å². The predicted octanol–water partition coefficient (Wildman–Crippen LogP) is 2.08. The Hall–Kier alpha value is -0.940. The van der Waals surface area contributed by atoms with Gasteiger partial charge in [-0.2, -0.15) is 0 Å². The van der Waals surface area contributed by atoms with Crippen LogP contribution in [0.15, 0.2) is 23.1 Å². The number of hydrogen-bond acceptors (Lipinski definition) is 3. The first-order valence-corrected chi connectivity index (χ1v) is 6.97. The second kappa shape index (κ2) is 5.14. The summed E-state index contributed by atoms with van der Waals surface area (Å²) in [6.45, 7) is 1.99. The average molecular weight is 257 g/mol. The summed E-state index contributed by atoms with van der Waals surface area (Å²) in [5.41, 5.74) is 5.79. The zero-order chi connectivity index (χ0) is 12.4. The first-order chi connectivity index (χ1) is 8.06.